The Kier molecular flexibility index (Phi) is 2.65. The van der Waals surface area contributed by atoms with Gasteiger partial charge in [-0.1, -0.05) is 11.6 Å². The van der Waals surface area contributed by atoms with E-state index in [9.17, 15) is 4.39 Å². The van der Waals surface area contributed by atoms with Gasteiger partial charge in [0.05, 0.1) is 18.1 Å². The Bertz CT molecular complexity index is 741. The second-order valence-electron chi connectivity index (χ2n) is 3.55. The lowest BCUT2D eigenvalue weighted by atomic mass is 10.3. The van der Waals surface area contributed by atoms with Crippen LogP contribution < -0.4 is 0 Å². The van der Waals surface area contributed by atoms with E-state index < -0.39 is 5.82 Å². The van der Waals surface area contributed by atoms with Crippen LogP contribution in [0.15, 0.2) is 30.7 Å². The Morgan fingerprint density at radius 3 is 2.83 bits per heavy atom. The lowest BCUT2D eigenvalue weighted by Crippen LogP contribution is -1.95. The summed E-state index contributed by atoms with van der Waals surface area (Å²) in [4.78, 5) is 11.6. The van der Waals surface area contributed by atoms with Gasteiger partial charge in [0.15, 0.2) is 5.82 Å². The van der Waals surface area contributed by atoms with E-state index in [0.717, 1.165) is 6.20 Å². The van der Waals surface area contributed by atoms with Crippen molar-refractivity contribution in [1.82, 2.24) is 19.4 Å². The van der Waals surface area contributed by atoms with Gasteiger partial charge in [0.25, 0.3) is 0 Å². The van der Waals surface area contributed by atoms with Crippen molar-refractivity contribution < 1.29 is 4.39 Å². The zero-order chi connectivity index (χ0) is 12.7. The second-order valence-corrected chi connectivity index (χ2v) is 4.33. The number of halogens is 3. The van der Waals surface area contributed by atoms with Gasteiger partial charge in [-0.2, -0.15) is 0 Å². The molecule has 0 spiro atoms. The minimum absolute atomic E-state index is 0.0182. The number of imidazole rings is 1. The molecule has 0 unspecified atom stereocenters. The Morgan fingerprint density at radius 1 is 1.17 bits per heavy atom. The normalized spacial score (nSPS) is 11.1. The number of hydrogen-bond acceptors (Lipinski definition) is 3. The molecule has 3 rings (SSSR count). The highest BCUT2D eigenvalue weighted by molar-refractivity contribution is 6.30. The van der Waals surface area contributed by atoms with Gasteiger partial charge in [-0.15, -0.1) is 0 Å². The van der Waals surface area contributed by atoms with Crippen LogP contribution in [0.25, 0.3) is 17.0 Å². The lowest BCUT2D eigenvalue weighted by molar-refractivity contribution is 0.617. The van der Waals surface area contributed by atoms with Gasteiger partial charge < -0.3 is 0 Å². The molecule has 0 saturated carbocycles. The highest BCUT2D eigenvalue weighted by Gasteiger charge is 2.13. The van der Waals surface area contributed by atoms with Gasteiger partial charge in [-0.05, 0) is 17.7 Å². The van der Waals surface area contributed by atoms with Crippen molar-refractivity contribution in [1.29, 1.82) is 0 Å². The molecule has 0 atom stereocenters. The molecule has 0 bridgehead atoms. The number of fused-ring (bicyclic) bond motifs is 1. The minimum atomic E-state index is -0.559. The van der Waals surface area contributed by atoms with Crippen LogP contribution in [-0.2, 0) is 0 Å². The highest BCUT2D eigenvalue weighted by Crippen LogP contribution is 2.23. The Morgan fingerprint density at radius 2 is 2.00 bits per heavy atom. The third-order valence-corrected chi connectivity index (χ3v) is 2.85. The van der Waals surface area contributed by atoms with E-state index in [1.165, 1.54) is 6.20 Å². The van der Waals surface area contributed by atoms with Crippen molar-refractivity contribution in [2.45, 2.75) is 0 Å². The maximum atomic E-state index is 13.7. The molecule has 0 fully saturated rings. The highest BCUT2D eigenvalue weighted by atomic mass is 35.5. The van der Waals surface area contributed by atoms with Gasteiger partial charge in [-0.3, -0.25) is 4.40 Å². The van der Waals surface area contributed by atoms with E-state index >= 15 is 0 Å². The molecule has 0 aliphatic rings. The summed E-state index contributed by atoms with van der Waals surface area (Å²) >= 11 is 11.5. The van der Waals surface area contributed by atoms with Crippen LogP contribution in [0.3, 0.4) is 0 Å². The number of rotatable bonds is 1. The maximum Gasteiger partial charge on any atom is 0.223 e. The largest absolute Gasteiger partial charge is 0.298 e. The standard InChI is InChI=1S/C11H5Cl2FN4/c12-6-1-2-18-8(5-15-9(18)3-6)10-7(14)4-16-11(13)17-10/h1-5H. The van der Waals surface area contributed by atoms with Gasteiger partial charge in [0.2, 0.25) is 5.28 Å². The molecule has 18 heavy (non-hydrogen) atoms. The molecule has 0 N–H and O–H groups in total. The molecule has 0 aromatic carbocycles. The molecule has 3 aromatic heterocycles. The molecule has 0 amide bonds. The first kappa shape index (κ1) is 11.4. The van der Waals surface area contributed by atoms with Crippen molar-refractivity contribution >= 4 is 28.8 Å². The summed E-state index contributed by atoms with van der Waals surface area (Å²) in [6, 6.07) is 3.35. The maximum absolute atomic E-state index is 13.7. The smallest absolute Gasteiger partial charge is 0.223 e. The van der Waals surface area contributed by atoms with Crippen molar-refractivity contribution in [3.05, 3.63) is 46.8 Å². The fourth-order valence-electron chi connectivity index (χ4n) is 1.66. The molecule has 0 saturated heterocycles. The molecule has 3 heterocycles. The van der Waals surface area contributed by atoms with Crippen LogP contribution in [0.1, 0.15) is 0 Å². The molecule has 0 radical (unpaired) electrons. The summed E-state index contributed by atoms with van der Waals surface area (Å²) in [7, 11) is 0. The molecule has 3 aromatic rings. The van der Waals surface area contributed by atoms with Crippen molar-refractivity contribution in [3.8, 4) is 11.4 Å². The first-order chi connectivity index (χ1) is 8.65. The summed E-state index contributed by atoms with van der Waals surface area (Å²) in [5.74, 6) is -0.559. The third kappa shape index (κ3) is 1.81. The molecule has 4 nitrogen and oxygen atoms in total. The molecular formula is C11H5Cl2FN4. The molecule has 0 aliphatic carbocycles. The lowest BCUT2D eigenvalue weighted by Gasteiger charge is -2.02. The molecule has 90 valence electrons. The van der Waals surface area contributed by atoms with Crippen molar-refractivity contribution in [2.24, 2.45) is 0 Å². The average molecular weight is 283 g/mol. The van der Waals surface area contributed by atoms with Gasteiger partial charge >= 0.3 is 0 Å². The average Bonchev–Trinajstić information content (AvgIpc) is 2.75. The van der Waals surface area contributed by atoms with Gasteiger partial charge in [0.1, 0.15) is 11.3 Å². The summed E-state index contributed by atoms with van der Waals surface area (Å²) in [6.45, 7) is 0. The number of hydrogen-bond donors (Lipinski definition) is 0. The summed E-state index contributed by atoms with van der Waals surface area (Å²) in [6.07, 6.45) is 4.23. The number of pyridine rings is 1. The number of aromatic nitrogens is 4. The van der Waals surface area contributed by atoms with Gasteiger partial charge in [-0.25, -0.2) is 19.3 Å². The van der Waals surface area contributed by atoms with Gasteiger partial charge in [0, 0.05) is 17.3 Å². The number of nitrogens with zero attached hydrogens (tertiary/aromatic N) is 4. The Hall–Kier alpha value is -1.72. The fraction of sp³-hybridized carbons (Fsp3) is 0. The Balaban J connectivity index is 2.28. The molecule has 0 aliphatic heterocycles. The second kappa shape index (κ2) is 4.19. The van der Waals surface area contributed by atoms with E-state index in [2.05, 4.69) is 15.0 Å². The summed E-state index contributed by atoms with van der Waals surface area (Å²) in [5, 5.41) is 0.538. The monoisotopic (exact) mass is 282 g/mol. The van der Waals surface area contributed by atoms with Crippen LogP contribution in [0.5, 0.6) is 0 Å². The Labute approximate surface area is 111 Å². The fourth-order valence-corrected chi connectivity index (χ4v) is 1.94. The minimum Gasteiger partial charge on any atom is -0.298 e. The van der Waals surface area contributed by atoms with E-state index in [1.54, 1.807) is 22.7 Å². The first-order valence-electron chi connectivity index (χ1n) is 4.96. The quantitative estimate of drug-likeness (QED) is 0.644. The first-order valence-corrected chi connectivity index (χ1v) is 5.72. The van der Waals surface area contributed by atoms with E-state index in [4.69, 9.17) is 23.2 Å². The topological polar surface area (TPSA) is 43.1 Å². The predicted molar refractivity (Wildman–Crippen MR) is 66.2 cm³/mol. The zero-order valence-electron chi connectivity index (χ0n) is 8.81. The van der Waals surface area contributed by atoms with Crippen LogP contribution in [-0.4, -0.2) is 19.4 Å². The predicted octanol–water partition coefficient (Wildman–Crippen LogP) is 3.24. The molecular weight excluding hydrogens is 278 g/mol. The van der Waals surface area contributed by atoms with E-state index in [-0.39, 0.29) is 11.0 Å². The summed E-state index contributed by atoms with van der Waals surface area (Å²) in [5.41, 5.74) is 1.19. The van der Waals surface area contributed by atoms with Crippen LogP contribution >= 0.6 is 23.2 Å². The van der Waals surface area contributed by atoms with Crippen LogP contribution in [0.4, 0.5) is 4.39 Å². The van der Waals surface area contributed by atoms with Crippen molar-refractivity contribution in [2.75, 3.05) is 0 Å². The van der Waals surface area contributed by atoms with Crippen molar-refractivity contribution in [3.63, 3.8) is 0 Å². The van der Waals surface area contributed by atoms with Crippen LogP contribution in [0, 0.1) is 5.82 Å². The zero-order valence-corrected chi connectivity index (χ0v) is 10.3. The van der Waals surface area contributed by atoms with E-state index in [1.807, 2.05) is 0 Å². The SMILES string of the molecule is Fc1cnc(Cl)nc1-c1cnc2cc(Cl)ccn12. The molecule has 7 heteroatoms. The third-order valence-electron chi connectivity index (χ3n) is 2.43. The van der Waals surface area contributed by atoms with Crippen LogP contribution in [0.2, 0.25) is 10.3 Å². The summed E-state index contributed by atoms with van der Waals surface area (Å²) < 4.78 is 15.4. The van der Waals surface area contributed by atoms with E-state index in [0.29, 0.717) is 16.4 Å².